The molecule has 130 valence electrons. The summed E-state index contributed by atoms with van der Waals surface area (Å²) in [6, 6.07) is 15.0. The zero-order chi connectivity index (χ0) is 18.1. The highest BCUT2D eigenvalue weighted by atomic mass is 32.2. The van der Waals surface area contributed by atoms with Crippen molar-refractivity contribution < 1.29 is 8.42 Å². The number of hydrogen-bond donors (Lipinski definition) is 1. The van der Waals surface area contributed by atoms with Gasteiger partial charge in [0.1, 0.15) is 0 Å². The van der Waals surface area contributed by atoms with Crippen LogP contribution in [0, 0.1) is 11.3 Å². The highest BCUT2D eigenvalue weighted by Crippen LogP contribution is 2.36. The molecule has 1 saturated carbocycles. The van der Waals surface area contributed by atoms with Crippen LogP contribution in [0.5, 0.6) is 0 Å². The number of nitrogens with zero attached hydrogens (tertiary/aromatic N) is 5. The molecule has 4 rings (SSSR count). The van der Waals surface area contributed by atoms with Gasteiger partial charge in [-0.15, -0.1) is 5.10 Å². The Hall–Kier alpha value is -3.25. The number of anilines is 1. The molecule has 1 fully saturated rings. The lowest BCUT2D eigenvalue weighted by Crippen LogP contribution is -2.13. The number of aromatic nitrogens is 4. The Labute approximate surface area is 150 Å². The van der Waals surface area contributed by atoms with Crippen LogP contribution in [-0.2, 0) is 10.0 Å². The molecule has 1 heterocycles. The van der Waals surface area contributed by atoms with Crippen molar-refractivity contribution in [2.24, 2.45) is 0 Å². The second-order valence-electron chi connectivity index (χ2n) is 6.00. The van der Waals surface area contributed by atoms with Crippen LogP contribution in [0.1, 0.15) is 24.4 Å². The fourth-order valence-electron chi connectivity index (χ4n) is 2.59. The van der Waals surface area contributed by atoms with E-state index < -0.39 is 10.0 Å². The summed E-state index contributed by atoms with van der Waals surface area (Å²) < 4.78 is 29.4. The van der Waals surface area contributed by atoms with Crippen LogP contribution in [-0.4, -0.2) is 28.6 Å². The quantitative estimate of drug-likeness (QED) is 0.741. The van der Waals surface area contributed by atoms with Crippen LogP contribution >= 0.6 is 0 Å². The SMILES string of the molecule is N#Cc1ccc(S(=O)(=O)Nc2cccc(-c3nnnn3C3CC3)c2)cc1. The average Bonchev–Trinajstić information content (AvgIpc) is 3.38. The van der Waals surface area contributed by atoms with Crippen LogP contribution in [0.2, 0.25) is 0 Å². The number of sulfonamides is 1. The topological polar surface area (TPSA) is 114 Å². The summed E-state index contributed by atoms with van der Waals surface area (Å²) in [6.45, 7) is 0. The van der Waals surface area contributed by atoms with Crippen LogP contribution in [0.25, 0.3) is 11.4 Å². The van der Waals surface area contributed by atoms with Crippen molar-refractivity contribution in [1.82, 2.24) is 20.2 Å². The van der Waals surface area contributed by atoms with E-state index in [0.717, 1.165) is 18.4 Å². The largest absolute Gasteiger partial charge is 0.280 e. The molecular formula is C17H14N6O2S. The summed E-state index contributed by atoms with van der Waals surface area (Å²) in [7, 11) is -3.76. The van der Waals surface area contributed by atoms with Crippen molar-refractivity contribution in [3.05, 3.63) is 54.1 Å². The molecule has 0 bridgehead atoms. The molecule has 0 saturated heterocycles. The molecule has 0 aliphatic heterocycles. The number of benzene rings is 2. The summed E-state index contributed by atoms with van der Waals surface area (Å²) in [5, 5.41) is 20.6. The van der Waals surface area contributed by atoms with Crippen LogP contribution in [0.4, 0.5) is 5.69 Å². The number of rotatable bonds is 5. The second kappa shape index (κ2) is 6.24. The first kappa shape index (κ1) is 16.2. The lowest BCUT2D eigenvalue weighted by molar-refractivity contribution is 0.601. The molecule has 0 atom stereocenters. The van der Waals surface area contributed by atoms with E-state index >= 15 is 0 Å². The number of nitrogens with one attached hydrogen (secondary N) is 1. The van der Waals surface area contributed by atoms with Crippen molar-refractivity contribution in [3.8, 4) is 17.5 Å². The van der Waals surface area contributed by atoms with Gasteiger partial charge in [0, 0.05) is 11.3 Å². The lowest BCUT2D eigenvalue weighted by Gasteiger charge is -2.10. The normalized spacial score (nSPS) is 14.0. The van der Waals surface area contributed by atoms with Gasteiger partial charge in [-0.1, -0.05) is 12.1 Å². The van der Waals surface area contributed by atoms with Gasteiger partial charge < -0.3 is 0 Å². The van der Waals surface area contributed by atoms with Crippen molar-refractivity contribution in [3.63, 3.8) is 0 Å². The van der Waals surface area contributed by atoms with Crippen molar-refractivity contribution >= 4 is 15.7 Å². The molecule has 9 heteroatoms. The molecule has 2 aromatic carbocycles. The van der Waals surface area contributed by atoms with Gasteiger partial charge in [0.15, 0.2) is 5.82 Å². The summed E-state index contributed by atoms with van der Waals surface area (Å²) >= 11 is 0. The third-order valence-corrected chi connectivity index (χ3v) is 5.45. The molecule has 1 aromatic heterocycles. The molecule has 0 radical (unpaired) electrons. The van der Waals surface area contributed by atoms with E-state index in [0.29, 0.717) is 23.1 Å². The maximum absolute atomic E-state index is 12.5. The molecule has 8 nitrogen and oxygen atoms in total. The molecule has 0 unspecified atom stereocenters. The Kier molecular flexibility index (Phi) is 3.89. The minimum absolute atomic E-state index is 0.0877. The molecule has 0 spiro atoms. The lowest BCUT2D eigenvalue weighted by atomic mass is 10.2. The van der Waals surface area contributed by atoms with Crippen LogP contribution in [0.3, 0.4) is 0 Å². The van der Waals surface area contributed by atoms with Crippen molar-refractivity contribution in [1.29, 1.82) is 5.26 Å². The maximum Gasteiger partial charge on any atom is 0.261 e. The van der Waals surface area contributed by atoms with E-state index in [-0.39, 0.29) is 4.90 Å². The number of hydrogen-bond acceptors (Lipinski definition) is 6. The molecule has 1 aliphatic rings. The molecule has 3 aromatic rings. The molecular weight excluding hydrogens is 352 g/mol. The highest BCUT2D eigenvalue weighted by molar-refractivity contribution is 7.92. The molecule has 1 aliphatic carbocycles. The Bertz CT molecular complexity index is 1090. The Morgan fingerprint density at radius 1 is 1.15 bits per heavy atom. The predicted octanol–water partition coefficient (Wildman–Crippen LogP) is 2.35. The van der Waals surface area contributed by atoms with Crippen molar-refractivity contribution in [2.45, 2.75) is 23.8 Å². The summed E-state index contributed by atoms with van der Waals surface area (Å²) in [5.74, 6) is 0.618. The van der Waals surface area contributed by atoms with Gasteiger partial charge >= 0.3 is 0 Å². The first-order valence-corrected chi connectivity index (χ1v) is 9.46. The van der Waals surface area contributed by atoms with Gasteiger partial charge in [-0.2, -0.15) is 5.26 Å². The van der Waals surface area contributed by atoms with E-state index in [2.05, 4.69) is 20.2 Å². The third kappa shape index (κ3) is 3.14. The van der Waals surface area contributed by atoms with Crippen molar-refractivity contribution in [2.75, 3.05) is 4.72 Å². The fourth-order valence-corrected chi connectivity index (χ4v) is 3.64. The number of tetrazole rings is 1. The summed E-state index contributed by atoms with van der Waals surface area (Å²) in [6.07, 6.45) is 2.09. The zero-order valence-electron chi connectivity index (χ0n) is 13.6. The fraction of sp³-hybridized carbons (Fsp3) is 0.176. The highest BCUT2D eigenvalue weighted by Gasteiger charge is 2.28. The Balaban J connectivity index is 1.62. The molecule has 26 heavy (non-hydrogen) atoms. The molecule has 1 N–H and O–H groups in total. The first-order chi connectivity index (χ1) is 12.6. The monoisotopic (exact) mass is 366 g/mol. The van der Waals surface area contributed by atoms with Gasteiger partial charge in [0.2, 0.25) is 0 Å². The first-order valence-electron chi connectivity index (χ1n) is 7.98. The number of nitriles is 1. The zero-order valence-corrected chi connectivity index (χ0v) is 14.4. The third-order valence-electron chi connectivity index (χ3n) is 4.05. The van der Waals surface area contributed by atoms with E-state index in [1.54, 1.807) is 22.9 Å². The van der Waals surface area contributed by atoms with Gasteiger partial charge in [-0.25, -0.2) is 13.1 Å². The Morgan fingerprint density at radius 3 is 2.62 bits per heavy atom. The summed E-state index contributed by atoms with van der Waals surface area (Å²) in [5.41, 5.74) is 1.55. The van der Waals surface area contributed by atoms with Crippen LogP contribution < -0.4 is 4.72 Å². The van der Waals surface area contributed by atoms with E-state index in [1.165, 1.54) is 24.3 Å². The van der Waals surface area contributed by atoms with E-state index in [1.807, 2.05) is 12.1 Å². The van der Waals surface area contributed by atoms with Gasteiger partial charge in [0.25, 0.3) is 10.0 Å². The maximum atomic E-state index is 12.5. The van der Waals surface area contributed by atoms with Crippen LogP contribution in [0.15, 0.2) is 53.4 Å². The predicted molar refractivity (Wildman–Crippen MR) is 93.5 cm³/mol. The summed E-state index contributed by atoms with van der Waals surface area (Å²) in [4.78, 5) is 0.0877. The minimum atomic E-state index is -3.76. The average molecular weight is 366 g/mol. The van der Waals surface area contributed by atoms with Gasteiger partial charge in [0.05, 0.1) is 22.6 Å². The van der Waals surface area contributed by atoms with E-state index in [9.17, 15) is 8.42 Å². The minimum Gasteiger partial charge on any atom is -0.280 e. The smallest absolute Gasteiger partial charge is 0.261 e. The second-order valence-corrected chi connectivity index (χ2v) is 7.68. The van der Waals surface area contributed by atoms with E-state index in [4.69, 9.17) is 5.26 Å². The Morgan fingerprint density at radius 2 is 1.92 bits per heavy atom. The van der Waals surface area contributed by atoms with Gasteiger partial charge in [-0.3, -0.25) is 4.72 Å². The van der Waals surface area contributed by atoms with Gasteiger partial charge in [-0.05, 0) is 59.7 Å². The molecule has 0 amide bonds. The standard InChI is InChI=1S/C17H14N6O2S/c18-11-12-4-8-16(9-5-12)26(24,25)20-14-3-1-2-13(10-14)17-19-21-22-23(17)15-6-7-15/h1-5,8-10,15,20H,6-7H2.